The first-order valence-electron chi connectivity index (χ1n) is 16.5. The third kappa shape index (κ3) is 18.8. The Bertz CT molecular complexity index is 1060. The van der Waals surface area contributed by atoms with Crippen LogP contribution in [0.25, 0.3) is 0 Å². The van der Waals surface area contributed by atoms with E-state index in [0.717, 1.165) is 19.3 Å². The maximum atomic E-state index is 12.5. The summed E-state index contributed by atoms with van der Waals surface area (Å²) in [5, 5.41) is 0. The molecular formula is C37H56O12. The summed E-state index contributed by atoms with van der Waals surface area (Å²) < 4.78 is 32.2. The van der Waals surface area contributed by atoms with Gasteiger partial charge in [0.2, 0.25) is 0 Å². The topological polar surface area (TPSA) is 158 Å². The van der Waals surface area contributed by atoms with Crippen molar-refractivity contribution in [3.63, 3.8) is 0 Å². The molecule has 0 aliphatic carbocycles. The summed E-state index contributed by atoms with van der Waals surface area (Å²) in [6.45, 7) is 23.2. The average molecular weight is 693 g/mol. The lowest BCUT2D eigenvalue weighted by Crippen LogP contribution is -2.39. The number of hydrogen-bond acceptors (Lipinski definition) is 12. The highest BCUT2D eigenvalue weighted by molar-refractivity contribution is 5.88. The van der Waals surface area contributed by atoms with Crippen LogP contribution >= 0.6 is 0 Å². The molecule has 0 aromatic rings. The molecule has 0 saturated heterocycles. The highest BCUT2D eigenvalue weighted by Crippen LogP contribution is 2.27. The van der Waals surface area contributed by atoms with E-state index in [4.69, 9.17) is 28.4 Å². The highest BCUT2D eigenvalue weighted by Gasteiger charge is 2.35. The maximum absolute atomic E-state index is 12.5. The third-order valence-electron chi connectivity index (χ3n) is 7.77. The van der Waals surface area contributed by atoms with Crippen molar-refractivity contribution < 1.29 is 57.2 Å². The Kier molecular flexibility index (Phi) is 21.2. The zero-order valence-corrected chi connectivity index (χ0v) is 30.3. The first kappa shape index (κ1) is 44.8. The summed E-state index contributed by atoms with van der Waals surface area (Å²) in [7, 11) is 0. The smallest absolute Gasteiger partial charge is 0.333 e. The van der Waals surface area contributed by atoms with Crippen molar-refractivity contribution in [1.29, 1.82) is 0 Å². The second kappa shape index (κ2) is 23.2. The molecule has 0 aliphatic rings. The van der Waals surface area contributed by atoms with Crippen molar-refractivity contribution in [2.75, 3.05) is 39.6 Å². The molecular weight excluding hydrogens is 636 g/mol. The summed E-state index contributed by atoms with van der Waals surface area (Å²) in [4.78, 5) is 72.9. The van der Waals surface area contributed by atoms with Crippen LogP contribution in [0.1, 0.15) is 99.3 Å². The fraction of sp³-hybridized carbons (Fsp3) is 0.622. The van der Waals surface area contributed by atoms with E-state index in [-0.39, 0.29) is 74.8 Å². The Hall–Kier alpha value is -4.22. The average Bonchev–Trinajstić information content (AvgIpc) is 3.06. The largest absolute Gasteiger partial charge is 0.465 e. The van der Waals surface area contributed by atoms with E-state index in [0.29, 0.717) is 25.7 Å². The van der Waals surface area contributed by atoms with Gasteiger partial charge in [-0.3, -0.25) is 9.59 Å². The SMILES string of the molecule is C=C(C)C(=O)OCC(CC)(COC(=O)CCCCCCCC(=O)OCC(CC)(COC(=O)C(=C)C)COC(=O)C(=C)C)COC(=O)C(=C)C. The summed E-state index contributed by atoms with van der Waals surface area (Å²) in [6.07, 6.45) is 4.53. The number of hydrogen-bond donors (Lipinski definition) is 0. The molecule has 49 heavy (non-hydrogen) atoms. The normalized spacial score (nSPS) is 11.1. The minimum absolute atomic E-state index is 0.108. The van der Waals surface area contributed by atoms with Crippen molar-refractivity contribution in [1.82, 2.24) is 0 Å². The van der Waals surface area contributed by atoms with E-state index in [1.54, 1.807) is 0 Å². The molecule has 0 atom stereocenters. The first-order chi connectivity index (χ1) is 22.9. The Morgan fingerprint density at radius 3 is 0.857 bits per heavy atom. The Morgan fingerprint density at radius 1 is 0.408 bits per heavy atom. The van der Waals surface area contributed by atoms with Gasteiger partial charge in [-0.15, -0.1) is 0 Å². The van der Waals surface area contributed by atoms with Gasteiger partial charge in [0.05, 0.1) is 10.8 Å². The van der Waals surface area contributed by atoms with Crippen molar-refractivity contribution in [2.24, 2.45) is 10.8 Å². The van der Waals surface area contributed by atoms with Gasteiger partial charge in [-0.25, -0.2) is 19.2 Å². The minimum Gasteiger partial charge on any atom is -0.465 e. The lowest BCUT2D eigenvalue weighted by atomic mass is 9.88. The van der Waals surface area contributed by atoms with Crippen LogP contribution in [0.2, 0.25) is 0 Å². The molecule has 276 valence electrons. The van der Waals surface area contributed by atoms with Crippen LogP contribution in [-0.2, 0) is 57.2 Å². The monoisotopic (exact) mass is 692 g/mol. The van der Waals surface area contributed by atoms with Gasteiger partial charge in [0.25, 0.3) is 0 Å². The quantitative estimate of drug-likeness (QED) is 0.0446. The number of ether oxygens (including phenoxy) is 6. The minimum atomic E-state index is -0.929. The van der Waals surface area contributed by atoms with Gasteiger partial charge < -0.3 is 28.4 Å². The standard InChI is InChI=1S/C37H56O12/c1-11-36(22-46-32(40)26(3)4,23-47-33(41)27(5)6)20-44-30(38)18-16-14-13-15-17-19-31(39)45-21-37(12-2,24-48-34(42)28(7)8)25-49-35(43)29(9)10/h3,5,7,9,11-25H2,1-2,4,6,8,10H3. The van der Waals surface area contributed by atoms with E-state index in [1.165, 1.54) is 27.7 Å². The fourth-order valence-corrected chi connectivity index (χ4v) is 3.91. The molecule has 0 radical (unpaired) electrons. The summed E-state index contributed by atoms with van der Waals surface area (Å²) in [6, 6.07) is 0. The highest BCUT2D eigenvalue weighted by atomic mass is 16.6. The Morgan fingerprint density at radius 2 is 0.633 bits per heavy atom. The van der Waals surface area contributed by atoms with Crippen LogP contribution in [0.3, 0.4) is 0 Å². The van der Waals surface area contributed by atoms with Crippen LogP contribution in [0.4, 0.5) is 0 Å². The van der Waals surface area contributed by atoms with E-state index in [1.807, 2.05) is 13.8 Å². The number of carbonyl (C=O) groups excluding carboxylic acids is 6. The molecule has 0 unspecified atom stereocenters. The molecule has 0 heterocycles. The zero-order chi connectivity index (χ0) is 37.6. The maximum Gasteiger partial charge on any atom is 0.333 e. The van der Waals surface area contributed by atoms with Crippen molar-refractivity contribution >= 4 is 35.8 Å². The molecule has 0 N–H and O–H groups in total. The van der Waals surface area contributed by atoms with Crippen molar-refractivity contribution in [3.05, 3.63) is 48.6 Å². The van der Waals surface area contributed by atoms with Crippen molar-refractivity contribution in [3.8, 4) is 0 Å². The van der Waals surface area contributed by atoms with Crippen LogP contribution in [0.15, 0.2) is 48.6 Å². The molecule has 12 heteroatoms. The zero-order valence-electron chi connectivity index (χ0n) is 30.3. The summed E-state index contributed by atoms with van der Waals surface area (Å²) in [5.74, 6) is -3.24. The van der Waals surface area contributed by atoms with Crippen LogP contribution in [-0.4, -0.2) is 75.5 Å². The number of unbranched alkanes of at least 4 members (excludes halogenated alkanes) is 4. The predicted octanol–water partition coefficient (Wildman–Crippen LogP) is 6.07. The summed E-state index contributed by atoms with van der Waals surface area (Å²) >= 11 is 0. The summed E-state index contributed by atoms with van der Waals surface area (Å²) in [5.41, 5.74) is -0.992. The lowest BCUT2D eigenvalue weighted by molar-refractivity contribution is -0.161. The lowest BCUT2D eigenvalue weighted by Gasteiger charge is -2.31. The van der Waals surface area contributed by atoms with Crippen molar-refractivity contribution in [2.45, 2.75) is 99.3 Å². The van der Waals surface area contributed by atoms with Gasteiger partial charge in [-0.1, -0.05) is 59.4 Å². The van der Waals surface area contributed by atoms with Gasteiger partial charge in [0.1, 0.15) is 39.6 Å². The fourth-order valence-electron chi connectivity index (χ4n) is 3.91. The molecule has 0 saturated carbocycles. The van der Waals surface area contributed by atoms with Crippen LogP contribution < -0.4 is 0 Å². The number of esters is 6. The van der Waals surface area contributed by atoms with E-state index in [2.05, 4.69) is 26.3 Å². The van der Waals surface area contributed by atoms with Gasteiger partial charge in [0.15, 0.2) is 0 Å². The molecule has 0 aromatic heterocycles. The van der Waals surface area contributed by atoms with Crippen LogP contribution in [0, 0.1) is 10.8 Å². The van der Waals surface area contributed by atoms with E-state index in [9.17, 15) is 28.8 Å². The number of rotatable bonds is 26. The molecule has 12 nitrogen and oxygen atoms in total. The molecule has 0 aliphatic heterocycles. The molecule has 0 amide bonds. The van der Waals surface area contributed by atoms with Crippen LogP contribution in [0.5, 0.6) is 0 Å². The first-order valence-corrected chi connectivity index (χ1v) is 16.5. The van der Waals surface area contributed by atoms with E-state index >= 15 is 0 Å². The second-order valence-corrected chi connectivity index (χ2v) is 12.7. The van der Waals surface area contributed by atoms with Gasteiger partial charge in [-0.2, -0.15) is 0 Å². The molecule has 0 aromatic carbocycles. The number of carbonyl (C=O) groups is 6. The third-order valence-corrected chi connectivity index (χ3v) is 7.77. The molecule has 0 fully saturated rings. The Balaban J connectivity index is 4.76. The van der Waals surface area contributed by atoms with Gasteiger partial charge in [0, 0.05) is 35.1 Å². The van der Waals surface area contributed by atoms with Gasteiger partial charge >= 0.3 is 35.8 Å². The van der Waals surface area contributed by atoms with Gasteiger partial charge in [-0.05, 0) is 53.4 Å². The second-order valence-electron chi connectivity index (χ2n) is 12.7. The molecule has 0 spiro atoms. The molecule has 0 bridgehead atoms. The van der Waals surface area contributed by atoms with E-state index < -0.39 is 46.6 Å². The Labute approximate surface area is 291 Å². The molecule has 0 rings (SSSR count). The predicted molar refractivity (Wildman–Crippen MR) is 183 cm³/mol.